The first kappa shape index (κ1) is 12.4. The molecule has 1 aliphatic rings. The minimum Gasteiger partial charge on any atom is -0.465 e. The number of hydrogen-bond acceptors (Lipinski definition) is 3. The van der Waals surface area contributed by atoms with E-state index in [0.717, 1.165) is 16.8 Å². The number of benzene rings is 2. The van der Waals surface area contributed by atoms with Crippen molar-refractivity contribution in [1.29, 1.82) is 0 Å². The van der Waals surface area contributed by atoms with Gasteiger partial charge in [-0.05, 0) is 35.9 Å². The Hall–Kier alpha value is -2.62. The zero-order chi connectivity index (χ0) is 14.1. The van der Waals surface area contributed by atoms with Crippen LogP contribution in [0.25, 0.3) is 0 Å². The summed E-state index contributed by atoms with van der Waals surface area (Å²) in [5.41, 5.74) is 3.01. The van der Waals surface area contributed by atoms with E-state index in [-0.39, 0.29) is 11.9 Å². The van der Waals surface area contributed by atoms with Gasteiger partial charge in [-0.25, -0.2) is 4.79 Å². The van der Waals surface area contributed by atoms with Crippen molar-refractivity contribution in [2.24, 2.45) is 0 Å². The predicted molar refractivity (Wildman–Crippen MR) is 74.7 cm³/mol. The van der Waals surface area contributed by atoms with Crippen LogP contribution in [-0.4, -0.2) is 19.0 Å². The number of carbonyl (C=O) groups is 2. The summed E-state index contributed by atoms with van der Waals surface area (Å²) in [6.07, 6.45) is 0. The van der Waals surface area contributed by atoms with Gasteiger partial charge in [0.1, 0.15) is 0 Å². The molecule has 0 atom stereocenters. The first-order valence-electron chi connectivity index (χ1n) is 6.29. The second-order valence-corrected chi connectivity index (χ2v) is 4.59. The van der Waals surface area contributed by atoms with E-state index in [2.05, 4.69) is 4.74 Å². The van der Waals surface area contributed by atoms with Crippen molar-refractivity contribution in [1.82, 2.24) is 0 Å². The van der Waals surface area contributed by atoms with Crippen LogP contribution in [0.3, 0.4) is 0 Å². The molecular formula is C16H13NO3. The van der Waals surface area contributed by atoms with Crippen LogP contribution in [0.1, 0.15) is 26.3 Å². The fraction of sp³-hybridized carbons (Fsp3) is 0.125. The van der Waals surface area contributed by atoms with Crippen molar-refractivity contribution in [3.05, 3.63) is 65.2 Å². The lowest BCUT2D eigenvalue weighted by Gasteiger charge is -2.15. The van der Waals surface area contributed by atoms with Crippen molar-refractivity contribution >= 4 is 17.6 Å². The van der Waals surface area contributed by atoms with Crippen molar-refractivity contribution in [3.63, 3.8) is 0 Å². The Morgan fingerprint density at radius 1 is 1.10 bits per heavy atom. The molecule has 0 radical (unpaired) electrons. The van der Waals surface area contributed by atoms with E-state index in [9.17, 15) is 9.59 Å². The maximum atomic E-state index is 12.3. The van der Waals surface area contributed by atoms with Gasteiger partial charge >= 0.3 is 5.97 Å². The number of methoxy groups -OCH3 is 1. The third kappa shape index (κ3) is 1.95. The largest absolute Gasteiger partial charge is 0.465 e. The summed E-state index contributed by atoms with van der Waals surface area (Å²) in [5, 5.41) is 0. The minimum absolute atomic E-state index is 0.00795. The summed E-state index contributed by atoms with van der Waals surface area (Å²) in [6.45, 7) is 0.562. The summed E-state index contributed by atoms with van der Waals surface area (Å²) in [7, 11) is 1.34. The lowest BCUT2D eigenvalue weighted by atomic mass is 10.1. The quantitative estimate of drug-likeness (QED) is 0.786. The molecule has 100 valence electrons. The number of nitrogens with zero attached hydrogens (tertiary/aromatic N) is 1. The van der Waals surface area contributed by atoms with Gasteiger partial charge in [0.2, 0.25) is 0 Å². The Morgan fingerprint density at radius 3 is 2.45 bits per heavy atom. The number of anilines is 1. The molecule has 4 nitrogen and oxygen atoms in total. The molecule has 4 heteroatoms. The third-order valence-corrected chi connectivity index (χ3v) is 3.42. The average Bonchev–Trinajstić information content (AvgIpc) is 2.84. The summed E-state index contributed by atoms with van der Waals surface area (Å²) in [4.78, 5) is 25.4. The first-order valence-corrected chi connectivity index (χ1v) is 6.29. The zero-order valence-electron chi connectivity index (χ0n) is 11.0. The third-order valence-electron chi connectivity index (χ3n) is 3.42. The lowest BCUT2D eigenvalue weighted by Crippen LogP contribution is -2.22. The molecule has 0 spiro atoms. The Labute approximate surface area is 116 Å². The monoisotopic (exact) mass is 267 g/mol. The predicted octanol–water partition coefficient (Wildman–Crippen LogP) is 2.63. The summed E-state index contributed by atoms with van der Waals surface area (Å²) in [6, 6.07) is 14.4. The highest BCUT2D eigenvalue weighted by Gasteiger charge is 2.27. The summed E-state index contributed by atoms with van der Waals surface area (Å²) >= 11 is 0. The SMILES string of the molecule is COC(=O)c1ccc(N2Cc3ccccc3C2=O)cc1. The average molecular weight is 267 g/mol. The maximum Gasteiger partial charge on any atom is 0.337 e. The van der Waals surface area contributed by atoms with Gasteiger partial charge in [0, 0.05) is 11.3 Å². The van der Waals surface area contributed by atoms with Gasteiger partial charge in [-0.2, -0.15) is 0 Å². The van der Waals surface area contributed by atoms with Gasteiger partial charge in [0.25, 0.3) is 5.91 Å². The molecular weight excluding hydrogens is 254 g/mol. The van der Waals surface area contributed by atoms with Gasteiger partial charge in [0.05, 0.1) is 19.2 Å². The first-order chi connectivity index (χ1) is 9.70. The molecule has 1 amide bonds. The molecule has 1 aliphatic heterocycles. The number of hydrogen-bond donors (Lipinski definition) is 0. The molecule has 0 unspecified atom stereocenters. The van der Waals surface area contributed by atoms with Crippen LogP contribution < -0.4 is 4.90 Å². The second kappa shape index (κ2) is 4.81. The highest BCUT2D eigenvalue weighted by atomic mass is 16.5. The van der Waals surface area contributed by atoms with Gasteiger partial charge < -0.3 is 9.64 Å². The highest BCUT2D eigenvalue weighted by molar-refractivity contribution is 6.10. The molecule has 0 bridgehead atoms. The van der Waals surface area contributed by atoms with E-state index < -0.39 is 0 Å². The van der Waals surface area contributed by atoms with Crippen molar-refractivity contribution in [3.8, 4) is 0 Å². The fourth-order valence-corrected chi connectivity index (χ4v) is 2.36. The molecule has 0 N–H and O–H groups in total. The number of esters is 1. The number of amides is 1. The zero-order valence-corrected chi connectivity index (χ0v) is 11.0. The highest BCUT2D eigenvalue weighted by Crippen LogP contribution is 2.28. The Kier molecular flexibility index (Phi) is 2.99. The Balaban J connectivity index is 1.89. The van der Waals surface area contributed by atoms with Crippen molar-refractivity contribution < 1.29 is 14.3 Å². The van der Waals surface area contributed by atoms with E-state index in [4.69, 9.17) is 0 Å². The van der Waals surface area contributed by atoms with Crippen molar-refractivity contribution in [2.75, 3.05) is 12.0 Å². The van der Waals surface area contributed by atoms with Gasteiger partial charge in [-0.3, -0.25) is 4.79 Å². The van der Waals surface area contributed by atoms with Crippen LogP contribution in [0, 0.1) is 0 Å². The molecule has 0 saturated carbocycles. The summed E-state index contributed by atoms with van der Waals surface area (Å²) in [5.74, 6) is -0.390. The molecule has 0 fully saturated rings. The van der Waals surface area contributed by atoms with Crippen LogP contribution in [0.2, 0.25) is 0 Å². The van der Waals surface area contributed by atoms with Crippen LogP contribution in [-0.2, 0) is 11.3 Å². The fourth-order valence-electron chi connectivity index (χ4n) is 2.36. The van der Waals surface area contributed by atoms with E-state index in [1.54, 1.807) is 29.2 Å². The number of ether oxygens (including phenoxy) is 1. The van der Waals surface area contributed by atoms with Gasteiger partial charge in [-0.1, -0.05) is 18.2 Å². The van der Waals surface area contributed by atoms with E-state index in [1.807, 2.05) is 24.3 Å². The topological polar surface area (TPSA) is 46.6 Å². The number of fused-ring (bicyclic) bond motifs is 1. The molecule has 3 rings (SSSR count). The molecule has 0 aromatic heterocycles. The maximum absolute atomic E-state index is 12.3. The molecule has 0 saturated heterocycles. The molecule has 2 aromatic carbocycles. The Morgan fingerprint density at radius 2 is 1.80 bits per heavy atom. The number of rotatable bonds is 2. The van der Waals surface area contributed by atoms with Crippen molar-refractivity contribution in [2.45, 2.75) is 6.54 Å². The van der Waals surface area contributed by atoms with Crippen LogP contribution in [0.5, 0.6) is 0 Å². The Bertz CT molecular complexity index is 676. The minimum atomic E-state index is -0.382. The summed E-state index contributed by atoms with van der Waals surface area (Å²) < 4.78 is 4.65. The van der Waals surface area contributed by atoms with E-state index in [1.165, 1.54) is 7.11 Å². The van der Waals surface area contributed by atoms with Crippen LogP contribution >= 0.6 is 0 Å². The van der Waals surface area contributed by atoms with E-state index >= 15 is 0 Å². The normalized spacial score (nSPS) is 13.2. The van der Waals surface area contributed by atoms with Gasteiger partial charge in [0.15, 0.2) is 0 Å². The second-order valence-electron chi connectivity index (χ2n) is 4.59. The molecule has 20 heavy (non-hydrogen) atoms. The smallest absolute Gasteiger partial charge is 0.337 e. The van der Waals surface area contributed by atoms with Gasteiger partial charge in [-0.15, -0.1) is 0 Å². The lowest BCUT2D eigenvalue weighted by molar-refractivity contribution is 0.0600. The van der Waals surface area contributed by atoms with Crippen LogP contribution in [0.15, 0.2) is 48.5 Å². The molecule has 0 aliphatic carbocycles. The molecule has 2 aromatic rings. The standard InChI is InChI=1S/C16H13NO3/c1-20-16(19)11-6-8-13(9-7-11)17-10-12-4-2-3-5-14(12)15(17)18/h2-9H,10H2,1H3. The van der Waals surface area contributed by atoms with Crippen LogP contribution in [0.4, 0.5) is 5.69 Å². The number of carbonyl (C=O) groups excluding carboxylic acids is 2. The molecule has 1 heterocycles. The van der Waals surface area contributed by atoms with E-state index in [0.29, 0.717) is 12.1 Å².